The summed E-state index contributed by atoms with van der Waals surface area (Å²) in [5.41, 5.74) is 2.55. The van der Waals surface area contributed by atoms with E-state index in [1.807, 2.05) is 26.8 Å². The van der Waals surface area contributed by atoms with Crippen LogP contribution in [0.25, 0.3) is 0 Å². The number of carbonyl (C=O) groups excluding carboxylic acids is 1. The van der Waals surface area contributed by atoms with Gasteiger partial charge in [-0.2, -0.15) is 0 Å². The first-order valence-electron chi connectivity index (χ1n) is 8.29. The van der Waals surface area contributed by atoms with Gasteiger partial charge in [0.05, 0.1) is 10.6 Å². The molecule has 2 rings (SSSR count). The lowest BCUT2D eigenvalue weighted by molar-refractivity contribution is -0.113. The van der Waals surface area contributed by atoms with E-state index in [1.54, 1.807) is 37.3 Å². The van der Waals surface area contributed by atoms with Crippen molar-refractivity contribution in [1.82, 2.24) is 0 Å². The second kappa shape index (κ2) is 8.60. The van der Waals surface area contributed by atoms with Gasteiger partial charge in [-0.25, -0.2) is 8.42 Å². The molecule has 1 amide bonds. The molecule has 140 valence electrons. The zero-order chi connectivity index (χ0) is 19.3. The Morgan fingerprint density at radius 3 is 2.46 bits per heavy atom. The van der Waals surface area contributed by atoms with Crippen LogP contribution in [0.4, 0.5) is 11.4 Å². The predicted molar refractivity (Wildman–Crippen MR) is 109 cm³/mol. The maximum absolute atomic E-state index is 12.8. The second-order valence-electron chi connectivity index (χ2n) is 6.36. The lowest BCUT2D eigenvalue weighted by Crippen LogP contribution is -2.17. The highest BCUT2D eigenvalue weighted by Crippen LogP contribution is 2.23. The number of anilines is 2. The third-order valence-electron chi connectivity index (χ3n) is 3.58. The minimum absolute atomic E-state index is 0.147. The number of carbonyl (C=O) groups is 1. The smallest absolute Gasteiger partial charge is 0.262 e. The molecule has 0 heterocycles. The fourth-order valence-corrected chi connectivity index (χ4v) is 4.20. The largest absolute Gasteiger partial charge is 0.325 e. The van der Waals surface area contributed by atoms with Crippen LogP contribution in [0.5, 0.6) is 0 Å². The van der Waals surface area contributed by atoms with Gasteiger partial charge in [0.2, 0.25) is 5.91 Å². The Kier molecular flexibility index (Phi) is 6.72. The molecule has 0 atom stereocenters. The van der Waals surface area contributed by atoms with Crippen molar-refractivity contribution in [3.8, 4) is 0 Å². The topological polar surface area (TPSA) is 75.3 Å². The van der Waals surface area contributed by atoms with Gasteiger partial charge < -0.3 is 5.32 Å². The van der Waals surface area contributed by atoms with Gasteiger partial charge in [0.15, 0.2) is 0 Å². The average Bonchev–Trinajstić information content (AvgIpc) is 2.54. The van der Waals surface area contributed by atoms with Crippen molar-refractivity contribution in [3.05, 3.63) is 53.6 Å². The maximum Gasteiger partial charge on any atom is 0.262 e. The van der Waals surface area contributed by atoms with Gasteiger partial charge in [-0.1, -0.05) is 32.0 Å². The number of hydrogen-bond donors (Lipinski definition) is 2. The molecule has 0 aromatic heterocycles. The van der Waals surface area contributed by atoms with Crippen molar-refractivity contribution in [2.75, 3.05) is 15.8 Å². The SMILES string of the molecule is Cc1cccc(NS(=O)(=O)c2cc(NC(=O)CSC(C)C)ccc2C)c1. The van der Waals surface area contributed by atoms with Gasteiger partial charge in [-0.15, -0.1) is 11.8 Å². The first kappa shape index (κ1) is 20.3. The van der Waals surface area contributed by atoms with E-state index in [-0.39, 0.29) is 10.8 Å². The Morgan fingerprint density at radius 1 is 1.08 bits per heavy atom. The number of benzene rings is 2. The molecule has 0 radical (unpaired) electrons. The van der Waals surface area contributed by atoms with E-state index >= 15 is 0 Å². The molecule has 0 bridgehead atoms. The molecule has 0 saturated carbocycles. The quantitative estimate of drug-likeness (QED) is 0.741. The van der Waals surface area contributed by atoms with Crippen molar-refractivity contribution >= 4 is 39.1 Å². The Bertz CT molecular complexity index is 893. The third-order valence-corrected chi connectivity index (χ3v) is 6.20. The number of aryl methyl sites for hydroxylation is 2. The van der Waals surface area contributed by atoms with Crippen LogP contribution in [0.15, 0.2) is 47.4 Å². The zero-order valence-corrected chi connectivity index (χ0v) is 17.0. The summed E-state index contributed by atoms with van der Waals surface area (Å²) in [4.78, 5) is 12.1. The predicted octanol–water partition coefficient (Wildman–Crippen LogP) is 4.18. The van der Waals surface area contributed by atoms with Gasteiger partial charge in [0.1, 0.15) is 0 Å². The molecule has 0 aliphatic rings. The van der Waals surface area contributed by atoms with Crippen molar-refractivity contribution in [2.45, 2.75) is 37.8 Å². The van der Waals surface area contributed by atoms with Crippen LogP contribution < -0.4 is 10.0 Å². The van der Waals surface area contributed by atoms with Crippen LogP contribution in [-0.4, -0.2) is 25.3 Å². The van der Waals surface area contributed by atoms with Gasteiger partial charge in [0, 0.05) is 11.4 Å². The van der Waals surface area contributed by atoms with E-state index in [0.717, 1.165) is 5.56 Å². The van der Waals surface area contributed by atoms with E-state index in [0.29, 0.717) is 27.9 Å². The minimum Gasteiger partial charge on any atom is -0.325 e. The van der Waals surface area contributed by atoms with Gasteiger partial charge in [-0.3, -0.25) is 9.52 Å². The molecule has 2 N–H and O–H groups in total. The molecule has 2 aromatic carbocycles. The molecule has 0 aliphatic heterocycles. The van der Waals surface area contributed by atoms with E-state index in [2.05, 4.69) is 10.0 Å². The summed E-state index contributed by atoms with van der Waals surface area (Å²) in [6, 6.07) is 12.0. The minimum atomic E-state index is -3.75. The summed E-state index contributed by atoms with van der Waals surface area (Å²) >= 11 is 1.53. The van der Waals surface area contributed by atoms with Gasteiger partial charge >= 0.3 is 0 Å². The van der Waals surface area contributed by atoms with Crippen molar-refractivity contribution in [2.24, 2.45) is 0 Å². The highest BCUT2D eigenvalue weighted by Gasteiger charge is 2.18. The molecule has 2 aromatic rings. The molecule has 0 saturated heterocycles. The lowest BCUT2D eigenvalue weighted by atomic mass is 10.2. The van der Waals surface area contributed by atoms with Crippen molar-refractivity contribution in [3.63, 3.8) is 0 Å². The van der Waals surface area contributed by atoms with Crippen LogP contribution in [0.2, 0.25) is 0 Å². The zero-order valence-electron chi connectivity index (χ0n) is 15.4. The van der Waals surface area contributed by atoms with E-state index < -0.39 is 10.0 Å². The summed E-state index contributed by atoms with van der Waals surface area (Å²) in [7, 11) is -3.75. The van der Waals surface area contributed by atoms with Crippen molar-refractivity contribution in [1.29, 1.82) is 0 Å². The van der Waals surface area contributed by atoms with Crippen molar-refractivity contribution < 1.29 is 13.2 Å². The normalized spacial score (nSPS) is 11.4. The first-order valence-corrected chi connectivity index (χ1v) is 10.8. The highest BCUT2D eigenvalue weighted by atomic mass is 32.2. The number of thioether (sulfide) groups is 1. The maximum atomic E-state index is 12.8. The van der Waals surface area contributed by atoms with Crippen LogP contribution in [0, 0.1) is 13.8 Å². The first-order chi connectivity index (χ1) is 12.2. The van der Waals surface area contributed by atoms with Crippen LogP contribution >= 0.6 is 11.8 Å². The van der Waals surface area contributed by atoms with Gasteiger partial charge in [0.25, 0.3) is 10.0 Å². The Balaban J connectivity index is 2.21. The fourth-order valence-electron chi connectivity index (χ4n) is 2.33. The van der Waals surface area contributed by atoms with E-state index in [9.17, 15) is 13.2 Å². The van der Waals surface area contributed by atoms with Crippen LogP contribution in [-0.2, 0) is 14.8 Å². The summed E-state index contributed by atoms with van der Waals surface area (Å²) in [6.07, 6.45) is 0. The van der Waals surface area contributed by atoms with E-state index in [1.165, 1.54) is 17.8 Å². The average molecular weight is 393 g/mol. The number of nitrogens with one attached hydrogen (secondary N) is 2. The Morgan fingerprint density at radius 2 is 1.81 bits per heavy atom. The molecule has 7 heteroatoms. The van der Waals surface area contributed by atoms with Crippen LogP contribution in [0.3, 0.4) is 0 Å². The molecule has 0 spiro atoms. The molecular formula is C19H24N2O3S2. The number of amides is 1. The Hall–Kier alpha value is -1.99. The molecule has 0 aliphatic carbocycles. The van der Waals surface area contributed by atoms with Gasteiger partial charge in [-0.05, 0) is 54.5 Å². The number of sulfonamides is 1. The molecule has 0 fully saturated rings. The number of rotatable bonds is 7. The second-order valence-corrected chi connectivity index (χ2v) is 9.58. The van der Waals surface area contributed by atoms with E-state index in [4.69, 9.17) is 0 Å². The Labute approximate surface area is 159 Å². The molecule has 0 unspecified atom stereocenters. The fraction of sp³-hybridized carbons (Fsp3) is 0.316. The summed E-state index contributed by atoms with van der Waals surface area (Å²) < 4.78 is 28.1. The molecule has 26 heavy (non-hydrogen) atoms. The molecular weight excluding hydrogens is 368 g/mol. The summed E-state index contributed by atoms with van der Waals surface area (Å²) in [5.74, 6) is 0.178. The number of hydrogen-bond acceptors (Lipinski definition) is 4. The summed E-state index contributed by atoms with van der Waals surface area (Å²) in [5, 5.41) is 3.11. The standard InChI is InChI=1S/C19H24N2O3S2/c1-13(2)25-12-19(22)20-16-9-8-15(4)18(11-16)26(23,24)21-17-7-5-6-14(3)10-17/h5-11,13,21H,12H2,1-4H3,(H,20,22). The lowest BCUT2D eigenvalue weighted by Gasteiger charge is -2.13. The summed E-state index contributed by atoms with van der Waals surface area (Å²) in [6.45, 7) is 7.66. The molecule has 5 nitrogen and oxygen atoms in total. The third kappa shape index (κ3) is 5.78. The monoisotopic (exact) mass is 392 g/mol. The highest BCUT2D eigenvalue weighted by molar-refractivity contribution is 8.00. The van der Waals surface area contributed by atoms with Crippen LogP contribution in [0.1, 0.15) is 25.0 Å².